The molecule has 5 aromatic rings. The number of H-pyrrole nitrogens is 2. The predicted molar refractivity (Wildman–Crippen MR) is 156 cm³/mol. The predicted octanol–water partition coefficient (Wildman–Crippen LogP) is 7.68. The maximum atomic E-state index is 13.9. The van der Waals surface area contributed by atoms with Crippen LogP contribution in [0.1, 0.15) is 31.9 Å². The van der Waals surface area contributed by atoms with Crippen molar-refractivity contribution in [3.05, 3.63) is 109 Å². The van der Waals surface area contributed by atoms with Crippen molar-refractivity contribution in [1.82, 2.24) is 30.5 Å². The average molecular weight is 517 g/mol. The summed E-state index contributed by atoms with van der Waals surface area (Å²) in [5.41, 5.74) is 8.50. The van der Waals surface area contributed by atoms with Gasteiger partial charge in [0, 0.05) is 28.4 Å². The minimum Gasteiger partial charge on any atom is -0.359 e. The smallest absolute Gasteiger partial charge is 0.138 e. The highest BCUT2D eigenvalue weighted by molar-refractivity contribution is 6.00. The number of hydrogen-bond donors (Lipinski definition) is 3. The molecule has 1 aromatic carbocycles. The zero-order valence-electron chi connectivity index (χ0n) is 21.8. The SMILES string of the molecule is C=C/C(=C\C(=C/C)c1cc2c(-c3cc4c(-c5cccc(F)c5)ccnc4[nH]3)n[nH]c2cn1)NC(=C)C1CCC1. The van der Waals surface area contributed by atoms with Crippen LogP contribution in [-0.2, 0) is 0 Å². The zero-order valence-corrected chi connectivity index (χ0v) is 21.8. The van der Waals surface area contributed by atoms with Crippen LogP contribution in [0.4, 0.5) is 4.39 Å². The molecule has 0 unspecified atom stereocenters. The van der Waals surface area contributed by atoms with E-state index in [1.165, 1.54) is 31.4 Å². The van der Waals surface area contributed by atoms with Gasteiger partial charge in [0.25, 0.3) is 0 Å². The highest BCUT2D eigenvalue weighted by Gasteiger charge is 2.21. The number of rotatable bonds is 8. The number of nitrogens with zero attached hydrogens (tertiary/aromatic N) is 3. The van der Waals surface area contributed by atoms with Gasteiger partial charge in [0.1, 0.15) is 17.2 Å². The minimum absolute atomic E-state index is 0.275. The van der Waals surface area contributed by atoms with Crippen LogP contribution >= 0.6 is 0 Å². The first-order valence-electron chi connectivity index (χ1n) is 13.1. The van der Waals surface area contributed by atoms with Gasteiger partial charge in [0.05, 0.1) is 23.1 Å². The molecule has 6 rings (SSSR count). The molecule has 4 aromatic heterocycles. The molecule has 0 bridgehead atoms. The standard InChI is InChI=1S/C32H29FN6/c1-4-20(15-24(5-2)36-19(3)21-8-6-9-21)28-17-27-30(18-35-28)38-39-31(27)29-16-26-25(12-13-34-32(26)37-29)22-10-7-11-23(33)14-22/h4-5,7,10-18,21,36H,2-3,6,8-9H2,1H3,(H,34,37)(H,38,39)/b20-4+,24-15+. The Labute approximate surface area is 226 Å². The Morgan fingerprint density at radius 1 is 1.13 bits per heavy atom. The van der Waals surface area contributed by atoms with E-state index < -0.39 is 0 Å². The second kappa shape index (κ2) is 10.2. The summed E-state index contributed by atoms with van der Waals surface area (Å²) in [6, 6.07) is 12.5. The summed E-state index contributed by atoms with van der Waals surface area (Å²) in [6.45, 7) is 10.2. The van der Waals surface area contributed by atoms with E-state index in [2.05, 4.69) is 38.6 Å². The van der Waals surface area contributed by atoms with Crippen molar-refractivity contribution in [3.8, 4) is 22.5 Å². The third-order valence-corrected chi connectivity index (χ3v) is 7.41. The molecule has 194 valence electrons. The molecule has 0 aliphatic heterocycles. The number of pyridine rings is 2. The summed E-state index contributed by atoms with van der Waals surface area (Å²) >= 11 is 0. The summed E-state index contributed by atoms with van der Waals surface area (Å²) < 4.78 is 13.9. The highest BCUT2D eigenvalue weighted by Crippen LogP contribution is 2.34. The fourth-order valence-electron chi connectivity index (χ4n) is 5.01. The van der Waals surface area contributed by atoms with Crippen molar-refractivity contribution < 1.29 is 4.39 Å². The van der Waals surface area contributed by atoms with Crippen LogP contribution in [-0.4, -0.2) is 25.1 Å². The molecule has 1 fully saturated rings. The quantitative estimate of drug-likeness (QED) is 0.185. The lowest BCUT2D eigenvalue weighted by atomic mass is 9.83. The molecule has 6 nitrogen and oxygen atoms in total. The van der Waals surface area contributed by atoms with E-state index >= 15 is 0 Å². The van der Waals surface area contributed by atoms with Crippen molar-refractivity contribution in [1.29, 1.82) is 0 Å². The van der Waals surface area contributed by atoms with E-state index in [9.17, 15) is 4.39 Å². The number of allylic oxidation sites excluding steroid dienone is 5. The molecule has 1 aliphatic carbocycles. The zero-order chi connectivity index (χ0) is 26.9. The second-order valence-corrected chi connectivity index (χ2v) is 9.83. The third-order valence-electron chi connectivity index (χ3n) is 7.41. The Morgan fingerprint density at radius 3 is 2.74 bits per heavy atom. The fraction of sp³-hybridized carbons (Fsp3) is 0.156. The van der Waals surface area contributed by atoms with Crippen LogP contribution in [0.25, 0.3) is 50.0 Å². The fourth-order valence-corrected chi connectivity index (χ4v) is 5.01. The number of aromatic nitrogens is 5. The summed E-state index contributed by atoms with van der Waals surface area (Å²) in [4.78, 5) is 12.6. The van der Waals surface area contributed by atoms with Crippen LogP contribution in [0, 0.1) is 11.7 Å². The van der Waals surface area contributed by atoms with E-state index in [1.54, 1.807) is 18.5 Å². The molecule has 1 saturated carbocycles. The van der Waals surface area contributed by atoms with E-state index in [0.717, 1.165) is 61.5 Å². The Balaban J connectivity index is 1.37. The first-order chi connectivity index (χ1) is 19.0. The van der Waals surface area contributed by atoms with Gasteiger partial charge in [-0.15, -0.1) is 0 Å². The van der Waals surface area contributed by atoms with E-state index in [4.69, 9.17) is 4.98 Å². The molecule has 0 spiro atoms. The lowest BCUT2D eigenvalue weighted by molar-refractivity contribution is 0.356. The molecule has 7 heteroatoms. The van der Waals surface area contributed by atoms with Crippen molar-refractivity contribution in [3.63, 3.8) is 0 Å². The van der Waals surface area contributed by atoms with E-state index in [0.29, 0.717) is 11.6 Å². The van der Waals surface area contributed by atoms with E-state index in [-0.39, 0.29) is 5.82 Å². The summed E-state index contributed by atoms with van der Waals surface area (Å²) in [5, 5.41) is 13.0. The van der Waals surface area contributed by atoms with Crippen molar-refractivity contribution >= 4 is 27.5 Å². The molecule has 0 radical (unpaired) electrons. The van der Waals surface area contributed by atoms with Crippen LogP contribution < -0.4 is 5.32 Å². The van der Waals surface area contributed by atoms with Gasteiger partial charge in [0.15, 0.2) is 0 Å². The number of nitrogens with one attached hydrogen (secondary N) is 3. The third kappa shape index (κ3) is 4.68. The Hall–Kier alpha value is -4.78. The van der Waals surface area contributed by atoms with Gasteiger partial charge in [-0.3, -0.25) is 10.1 Å². The van der Waals surface area contributed by atoms with Gasteiger partial charge in [0.2, 0.25) is 0 Å². The van der Waals surface area contributed by atoms with Gasteiger partial charge in [-0.05, 0) is 84.9 Å². The Morgan fingerprint density at radius 2 is 2.00 bits per heavy atom. The lowest BCUT2D eigenvalue weighted by Gasteiger charge is -2.28. The van der Waals surface area contributed by atoms with E-state index in [1.807, 2.05) is 49.4 Å². The van der Waals surface area contributed by atoms with Gasteiger partial charge in [-0.1, -0.05) is 37.8 Å². The molecule has 39 heavy (non-hydrogen) atoms. The van der Waals surface area contributed by atoms with Crippen LogP contribution in [0.15, 0.2) is 97.6 Å². The first kappa shape index (κ1) is 24.6. The van der Waals surface area contributed by atoms with Crippen LogP contribution in [0.5, 0.6) is 0 Å². The minimum atomic E-state index is -0.275. The van der Waals surface area contributed by atoms with Gasteiger partial charge in [-0.25, -0.2) is 9.37 Å². The molecule has 0 atom stereocenters. The summed E-state index contributed by atoms with van der Waals surface area (Å²) in [5.74, 6) is 0.250. The number of aromatic amines is 2. The number of halogens is 1. The number of benzene rings is 1. The number of fused-ring (bicyclic) bond motifs is 2. The monoisotopic (exact) mass is 516 g/mol. The molecule has 0 amide bonds. The van der Waals surface area contributed by atoms with Gasteiger partial charge >= 0.3 is 0 Å². The number of hydrogen-bond acceptors (Lipinski definition) is 4. The molecular formula is C32H29FN6. The van der Waals surface area contributed by atoms with Gasteiger partial charge in [-0.2, -0.15) is 5.10 Å². The van der Waals surface area contributed by atoms with Gasteiger partial charge < -0.3 is 10.3 Å². The summed E-state index contributed by atoms with van der Waals surface area (Å²) in [7, 11) is 0. The molecule has 4 heterocycles. The Kier molecular flexibility index (Phi) is 6.40. The maximum absolute atomic E-state index is 13.9. The normalized spacial score (nSPS) is 14.5. The maximum Gasteiger partial charge on any atom is 0.138 e. The molecular weight excluding hydrogens is 487 g/mol. The first-order valence-corrected chi connectivity index (χ1v) is 13.1. The highest BCUT2D eigenvalue weighted by atomic mass is 19.1. The topological polar surface area (TPSA) is 82.3 Å². The lowest BCUT2D eigenvalue weighted by Crippen LogP contribution is -2.23. The van der Waals surface area contributed by atoms with Crippen molar-refractivity contribution in [2.45, 2.75) is 26.2 Å². The average Bonchev–Trinajstić information content (AvgIpc) is 3.53. The Bertz CT molecular complexity index is 1780. The second-order valence-electron chi connectivity index (χ2n) is 9.83. The van der Waals surface area contributed by atoms with Crippen molar-refractivity contribution in [2.24, 2.45) is 5.92 Å². The summed E-state index contributed by atoms with van der Waals surface area (Å²) in [6.07, 6.45) is 13.0. The molecule has 1 aliphatic rings. The van der Waals surface area contributed by atoms with Crippen LogP contribution in [0.3, 0.4) is 0 Å². The molecule has 3 N–H and O–H groups in total. The molecule has 0 saturated heterocycles. The largest absolute Gasteiger partial charge is 0.359 e. The van der Waals surface area contributed by atoms with Crippen LogP contribution in [0.2, 0.25) is 0 Å². The van der Waals surface area contributed by atoms with Crippen molar-refractivity contribution in [2.75, 3.05) is 0 Å².